The van der Waals surface area contributed by atoms with E-state index in [0.717, 1.165) is 36.4 Å². The molecule has 1 aliphatic rings. The van der Waals surface area contributed by atoms with Gasteiger partial charge in [0.25, 0.3) is 0 Å². The number of rotatable bonds is 3. The van der Waals surface area contributed by atoms with Crippen molar-refractivity contribution in [1.82, 2.24) is 14.7 Å². The van der Waals surface area contributed by atoms with Crippen LogP contribution in [0.2, 0.25) is 0 Å². The predicted molar refractivity (Wildman–Crippen MR) is 66.9 cm³/mol. The van der Waals surface area contributed by atoms with Crippen LogP contribution in [0.5, 0.6) is 0 Å². The van der Waals surface area contributed by atoms with Crippen LogP contribution in [0, 0.1) is 0 Å². The minimum absolute atomic E-state index is 0.150. The van der Waals surface area contributed by atoms with E-state index in [9.17, 15) is 18.0 Å². The van der Waals surface area contributed by atoms with Crippen molar-refractivity contribution in [2.45, 2.75) is 50.9 Å². The maximum Gasteiger partial charge on any atom is 0.435 e. The van der Waals surface area contributed by atoms with Gasteiger partial charge >= 0.3 is 6.18 Å². The van der Waals surface area contributed by atoms with E-state index in [1.165, 1.54) is 12.6 Å². The molecule has 0 unspecified atom stereocenters. The lowest BCUT2D eigenvalue weighted by molar-refractivity contribution is -0.142. The van der Waals surface area contributed by atoms with E-state index in [0.29, 0.717) is 0 Å². The van der Waals surface area contributed by atoms with Crippen molar-refractivity contribution in [2.75, 3.05) is 7.05 Å². The second-order valence-corrected chi connectivity index (χ2v) is 5.19. The lowest BCUT2D eigenvalue weighted by Gasteiger charge is -2.31. The number of hydrogen-bond donors (Lipinski definition) is 0. The van der Waals surface area contributed by atoms with Crippen molar-refractivity contribution in [3.8, 4) is 0 Å². The number of hydrogen-bond acceptors (Lipinski definition) is 2. The van der Waals surface area contributed by atoms with Gasteiger partial charge in [0.2, 0.25) is 5.91 Å². The van der Waals surface area contributed by atoms with Gasteiger partial charge in [-0.2, -0.15) is 18.3 Å². The fraction of sp³-hybridized carbons (Fsp3) is 0.692. The molecule has 1 aromatic heterocycles. The van der Waals surface area contributed by atoms with E-state index < -0.39 is 11.9 Å². The summed E-state index contributed by atoms with van der Waals surface area (Å²) in [5.41, 5.74) is -0.967. The van der Waals surface area contributed by atoms with Gasteiger partial charge in [-0.1, -0.05) is 19.3 Å². The normalized spacial score (nSPS) is 17.2. The summed E-state index contributed by atoms with van der Waals surface area (Å²) in [5, 5.41) is 3.39. The molecule has 7 heteroatoms. The molecule has 0 bridgehead atoms. The molecule has 0 N–H and O–H groups in total. The van der Waals surface area contributed by atoms with Crippen LogP contribution in [0.15, 0.2) is 12.3 Å². The quantitative estimate of drug-likeness (QED) is 0.858. The highest BCUT2D eigenvalue weighted by Gasteiger charge is 2.33. The molecule has 1 aliphatic carbocycles. The Hall–Kier alpha value is -1.53. The van der Waals surface area contributed by atoms with Crippen molar-refractivity contribution in [3.63, 3.8) is 0 Å². The molecule has 1 saturated carbocycles. The van der Waals surface area contributed by atoms with E-state index >= 15 is 0 Å². The minimum atomic E-state index is -4.47. The Bertz CT molecular complexity index is 464. The van der Waals surface area contributed by atoms with Gasteiger partial charge in [0, 0.05) is 19.3 Å². The molecule has 112 valence electrons. The largest absolute Gasteiger partial charge is 0.435 e. The van der Waals surface area contributed by atoms with Gasteiger partial charge in [-0.3, -0.25) is 9.48 Å². The number of carbonyl (C=O) groups is 1. The van der Waals surface area contributed by atoms with Gasteiger partial charge in [0.15, 0.2) is 5.69 Å². The zero-order valence-electron chi connectivity index (χ0n) is 11.4. The molecule has 0 radical (unpaired) electrons. The Morgan fingerprint density at radius 1 is 1.40 bits per heavy atom. The number of alkyl halides is 3. The van der Waals surface area contributed by atoms with Crippen LogP contribution in [0.25, 0.3) is 0 Å². The molecule has 0 aromatic carbocycles. The standard InChI is InChI=1S/C13H18F3N3O/c1-18(10-5-3-2-4-6-10)12(20)9-19-8-7-11(17-19)13(14,15)16/h7-8,10H,2-6,9H2,1H3. The van der Waals surface area contributed by atoms with Crippen molar-refractivity contribution < 1.29 is 18.0 Å². The topological polar surface area (TPSA) is 38.1 Å². The Morgan fingerprint density at radius 3 is 2.60 bits per heavy atom. The van der Waals surface area contributed by atoms with Crippen molar-refractivity contribution in [1.29, 1.82) is 0 Å². The van der Waals surface area contributed by atoms with Gasteiger partial charge in [-0.25, -0.2) is 0 Å². The molecule has 1 fully saturated rings. The van der Waals surface area contributed by atoms with Crippen LogP contribution >= 0.6 is 0 Å². The Kier molecular flexibility index (Phi) is 4.35. The highest BCUT2D eigenvalue weighted by molar-refractivity contribution is 5.75. The van der Waals surface area contributed by atoms with Gasteiger partial charge < -0.3 is 4.90 Å². The smallest absolute Gasteiger partial charge is 0.341 e. The number of amides is 1. The van der Waals surface area contributed by atoms with Gasteiger partial charge in [0.1, 0.15) is 6.54 Å². The van der Waals surface area contributed by atoms with Crippen molar-refractivity contribution in [2.24, 2.45) is 0 Å². The molecule has 0 atom stereocenters. The van der Waals surface area contributed by atoms with Crippen LogP contribution in [0.1, 0.15) is 37.8 Å². The first kappa shape index (κ1) is 14.9. The van der Waals surface area contributed by atoms with E-state index in [1.54, 1.807) is 11.9 Å². The van der Waals surface area contributed by atoms with E-state index in [2.05, 4.69) is 5.10 Å². The zero-order valence-corrected chi connectivity index (χ0v) is 11.4. The Morgan fingerprint density at radius 2 is 2.05 bits per heavy atom. The predicted octanol–water partition coefficient (Wildman–Crippen LogP) is 2.69. The molecule has 1 amide bonds. The molecule has 0 spiro atoms. The lowest BCUT2D eigenvalue weighted by atomic mass is 9.94. The van der Waals surface area contributed by atoms with Crippen LogP contribution in [0.3, 0.4) is 0 Å². The summed E-state index contributed by atoms with van der Waals surface area (Å²) in [7, 11) is 1.71. The van der Waals surface area contributed by atoms with Gasteiger partial charge in [-0.15, -0.1) is 0 Å². The maximum absolute atomic E-state index is 12.4. The van der Waals surface area contributed by atoms with Crippen molar-refractivity contribution in [3.05, 3.63) is 18.0 Å². The van der Waals surface area contributed by atoms with Crippen LogP contribution < -0.4 is 0 Å². The van der Waals surface area contributed by atoms with Crippen LogP contribution in [-0.2, 0) is 17.5 Å². The maximum atomic E-state index is 12.4. The molecular weight excluding hydrogens is 271 g/mol. The van der Waals surface area contributed by atoms with Crippen LogP contribution in [0.4, 0.5) is 13.2 Å². The SMILES string of the molecule is CN(C(=O)Cn1ccc(C(F)(F)F)n1)C1CCCCC1. The molecule has 0 aliphatic heterocycles. The minimum Gasteiger partial charge on any atom is -0.341 e. The summed E-state index contributed by atoms with van der Waals surface area (Å²) in [6.07, 6.45) is 2.04. The van der Waals surface area contributed by atoms with Gasteiger partial charge in [0.05, 0.1) is 0 Å². The highest BCUT2D eigenvalue weighted by atomic mass is 19.4. The number of carbonyl (C=O) groups excluding carboxylic acids is 1. The molecule has 2 rings (SSSR count). The molecule has 1 heterocycles. The fourth-order valence-electron chi connectivity index (χ4n) is 2.52. The summed E-state index contributed by atoms with van der Waals surface area (Å²) in [4.78, 5) is 13.7. The first-order chi connectivity index (χ1) is 9.38. The average molecular weight is 289 g/mol. The van der Waals surface area contributed by atoms with E-state index in [1.807, 2.05) is 0 Å². The van der Waals surface area contributed by atoms with Gasteiger partial charge in [-0.05, 0) is 18.9 Å². The Balaban J connectivity index is 1.95. The summed E-state index contributed by atoms with van der Waals surface area (Å²) in [6, 6.07) is 1.09. The lowest BCUT2D eigenvalue weighted by Crippen LogP contribution is -2.40. The summed E-state index contributed by atoms with van der Waals surface area (Å²) in [5.74, 6) is -0.200. The third-order valence-corrected chi connectivity index (χ3v) is 3.74. The number of likely N-dealkylation sites (N-methyl/N-ethyl adjacent to an activating group) is 1. The molecule has 20 heavy (non-hydrogen) atoms. The van der Waals surface area contributed by atoms with E-state index in [4.69, 9.17) is 0 Å². The number of nitrogens with zero attached hydrogens (tertiary/aromatic N) is 3. The summed E-state index contributed by atoms with van der Waals surface area (Å²) < 4.78 is 38.3. The second kappa shape index (κ2) is 5.85. The Labute approximate surface area is 115 Å². The molecular formula is C13H18F3N3O. The molecule has 4 nitrogen and oxygen atoms in total. The molecule has 1 aromatic rings. The first-order valence-corrected chi connectivity index (χ1v) is 6.74. The summed E-state index contributed by atoms with van der Waals surface area (Å²) >= 11 is 0. The summed E-state index contributed by atoms with van der Waals surface area (Å²) in [6.45, 7) is -0.150. The monoisotopic (exact) mass is 289 g/mol. The van der Waals surface area contributed by atoms with Crippen molar-refractivity contribution >= 4 is 5.91 Å². The third kappa shape index (κ3) is 3.52. The second-order valence-electron chi connectivity index (χ2n) is 5.19. The number of aromatic nitrogens is 2. The average Bonchev–Trinajstić information content (AvgIpc) is 2.87. The highest BCUT2D eigenvalue weighted by Crippen LogP contribution is 2.27. The molecule has 0 saturated heterocycles. The zero-order chi connectivity index (χ0) is 14.8. The van der Waals surface area contributed by atoms with E-state index in [-0.39, 0.29) is 18.5 Å². The fourth-order valence-corrected chi connectivity index (χ4v) is 2.52. The van der Waals surface area contributed by atoms with Crippen LogP contribution in [-0.4, -0.2) is 33.7 Å². The number of halogens is 3. The first-order valence-electron chi connectivity index (χ1n) is 6.74. The third-order valence-electron chi connectivity index (χ3n) is 3.74.